The molecule has 0 saturated carbocycles. The van der Waals surface area contributed by atoms with Gasteiger partial charge in [-0.1, -0.05) is 0 Å². The van der Waals surface area contributed by atoms with Crippen molar-refractivity contribution in [1.29, 1.82) is 5.26 Å². The number of ketones is 1. The zero-order valence-corrected chi connectivity index (χ0v) is 16.1. The van der Waals surface area contributed by atoms with Gasteiger partial charge in [-0.25, -0.2) is 4.68 Å². The maximum absolute atomic E-state index is 12.8. The van der Waals surface area contributed by atoms with Gasteiger partial charge in [0.05, 0.1) is 18.3 Å². The maximum atomic E-state index is 12.8. The van der Waals surface area contributed by atoms with Gasteiger partial charge >= 0.3 is 0 Å². The van der Waals surface area contributed by atoms with Crippen molar-refractivity contribution in [3.05, 3.63) is 50.2 Å². The van der Waals surface area contributed by atoms with E-state index in [0.717, 1.165) is 16.1 Å². The first-order valence-corrected chi connectivity index (χ1v) is 8.41. The van der Waals surface area contributed by atoms with Crippen molar-refractivity contribution in [3.63, 3.8) is 0 Å². The molecule has 26 heavy (non-hydrogen) atoms. The third-order valence-electron chi connectivity index (χ3n) is 4.68. The number of nitrogens with zero attached hydrogens (tertiary/aromatic N) is 4. The quantitative estimate of drug-likeness (QED) is 0.741. The smallest absolute Gasteiger partial charge is 0.285 e. The summed E-state index contributed by atoms with van der Waals surface area (Å²) in [5, 5.41) is 13.4. The Morgan fingerprint density at radius 2 is 2.00 bits per heavy atom. The number of hydrogen-bond acceptors (Lipinski definition) is 5. The molecule has 2 aromatic heterocycles. The maximum Gasteiger partial charge on any atom is 0.285 e. The Morgan fingerprint density at radius 1 is 1.35 bits per heavy atom. The Bertz CT molecular complexity index is 947. The highest BCUT2D eigenvalue weighted by molar-refractivity contribution is 5.97. The van der Waals surface area contributed by atoms with Crippen LogP contribution in [0.15, 0.2) is 10.9 Å². The number of carbonyl (C=O) groups is 1. The first kappa shape index (κ1) is 19.6. The molecule has 2 rings (SSSR count). The summed E-state index contributed by atoms with van der Waals surface area (Å²) < 4.78 is 8.33. The van der Waals surface area contributed by atoms with Crippen molar-refractivity contribution in [2.45, 2.75) is 47.2 Å². The third-order valence-corrected chi connectivity index (χ3v) is 4.68. The van der Waals surface area contributed by atoms with Crippen molar-refractivity contribution < 1.29 is 9.53 Å². The number of nitriles is 1. The molecule has 0 aliphatic carbocycles. The minimum Gasteiger partial charge on any atom is -0.383 e. The molecule has 1 atom stereocenters. The summed E-state index contributed by atoms with van der Waals surface area (Å²) in [6.07, 6.45) is 0. The topological polar surface area (TPSA) is 89.9 Å². The summed E-state index contributed by atoms with van der Waals surface area (Å²) >= 11 is 0. The summed E-state index contributed by atoms with van der Waals surface area (Å²) in [6, 6.07) is 3.82. The average Bonchev–Trinajstić information content (AvgIpc) is 2.88. The molecule has 0 unspecified atom stereocenters. The van der Waals surface area contributed by atoms with E-state index in [1.165, 1.54) is 0 Å². The number of methoxy groups -OCH3 is 1. The van der Waals surface area contributed by atoms with Crippen LogP contribution in [0.2, 0.25) is 0 Å². The molecule has 138 valence electrons. The minimum atomic E-state index is -0.537. The molecule has 0 aliphatic heterocycles. The van der Waals surface area contributed by atoms with E-state index >= 15 is 0 Å². The highest BCUT2D eigenvalue weighted by Crippen LogP contribution is 2.21. The SMILES string of the molecule is COC[C@H](C)n1c(C)cc(C(=O)Cn2nc(C)c(C)c(C#N)c2=O)c1C. The van der Waals surface area contributed by atoms with Crippen molar-refractivity contribution in [2.24, 2.45) is 0 Å². The third kappa shape index (κ3) is 3.46. The molecule has 7 nitrogen and oxygen atoms in total. The van der Waals surface area contributed by atoms with E-state index in [2.05, 4.69) is 5.10 Å². The van der Waals surface area contributed by atoms with Gasteiger partial charge in [-0.2, -0.15) is 10.4 Å². The molecule has 0 amide bonds. The van der Waals surface area contributed by atoms with E-state index in [0.29, 0.717) is 23.4 Å². The van der Waals surface area contributed by atoms with Crippen LogP contribution in [0.5, 0.6) is 0 Å². The summed E-state index contributed by atoms with van der Waals surface area (Å²) in [7, 11) is 1.64. The highest BCUT2D eigenvalue weighted by Gasteiger charge is 2.21. The minimum absolute atomic E-state index is 0.0319. The van der Waals surface area contributed by atoms with Crippen LogP contribution in [-0.2, 0) is 11.3 Å². The molecule has 0 fully saturated rings. The second kappa shape index (κ2) is 7.67. The number of Topliss-reactive ketones (excluding diaryl/α,β-unsaturated/α-hetero) is 1. The van der Waals surface area contributed by atoms with Crippen LogP contribution in [-0.4, -0.2) is 33.8 Å². The van der Waals surface area contributed by atoms with E-state index in [-0.39, 0.29) is 23.9 Å². The second-order valence-electron chi connectivity index (χ2n) is 6.54. The summed E-state index contributed by atoms with van der Waals surface area (Å²) in [4.78, 5) is 25.2. The molecule has 0 saturated heterocycles. The Hall–Kier alpha value is -2.72. The lowest BCUT2D eigenvalue weighted by Gasteiger charge is -2.17. The summed E-state index contributed by atoms with van der Waals surface area (Å²) in [6.45, 7) is 9.57. The zero-order valence-electron chi connectivity index (χ0n) is 16.1. The van der Waals surface area contributed by atoms with E-state index in [9.17, 15) is 14.9 Å². The van der Waals surface area contributed by atoms with Gasteiger partial charge in [-0.15, -0.1) is 0 Å². The fourth-order valence-electron chi connectivity index (χ4n) is 3.29. The lowest BCUT2D eigenvalue weighted by atomic mass is 10.1. The van der Waals surface area contributed by atoms with Crippen LogP contribution in [0.25, 0.3) is 0 Å². The van der Waals surface area contributed by atoms with Gasteiger partial charge in [-0.05, 0) is 46.2 Å². The Labute approximate surface area is 152 Å². The Kier molecular flexibility index (Phi) is 5.78. The van der Waals surface area contributed by atoms with Crippen LogP contribution < -0.4 is 5.56 Å². The normalized spacial score (nSPS) is 12.0. The molecule has 2 aromatic rings. The first-order chi connectivity index (χ1) is 12.2. The van der Waals surface area contributed by atoms with Gasteiger partial charge in [0, 0.05) is 24.1 Å². The van der Waals surface area contributed by atoms with Gasteiger partial charge in [0.15, 0.2) is 5.78 Å². The van der Waals surface area contributed by atoms with Gasteiger partial charge in [-0.3, -0.25) is 9.59 Å². The molecule has 0 spiro atoms. The van der Waals surface area contributed by atoms with Crippen molar-refractivity contribution >= 4 is 5.78 Å². The van der Waals surface area contributed by atoms with Gasteiger partial charge < -0.3 is 9.30 Å². The van der Waals surface area contributed by atoms with Crippen molar-refractivity contribution in [3.8, 4) is 6.07 Å². The number of ether oxygens (including phenoxy) is 1. The van der Waals surface area contributed by atoms with Gasteiger partial charge in [0.1, 0.15) is 18.2 Å². The van der Waals surface area contributed by atoms with E-state index in [1.54, 1.807) is 21.0 Å². The van der Waals surface area contributed by atoms with Crippen LogP contribution in [0.1, 0.15) is 51.5 Å². The van der Waals surface area contributed by atoms with Gasteiger partial charge in [0.2, 0.25) is 0 Å². The fourth-order valence-corrected chi connectivity index (χ4v) is 3.29. The lowest BCUT2D eigenvalue weighted by molar-refractivity contribution is 0.0964. The number of aryl methyl sites for hydroxylation is 2. The highest BCUT2D eigenvalue weighted by atomic mass is 16.5. The molecular formula is C19H24N4O3. The van der Waals surface area contributed by atoms with E-state index in [1.807, 2.05) is 37.5 Å². The zero-order chi connectivity index (χ0) is 19.6. The van der Waals surface area contributed by atoms with Crippen molar-refractivity contribution in [2.75, 3.05) is 13.7 Å². The van der Waals surface area contributed by atoms with Gasteiger partial charge in [0.25, 0.3) is 5.56 Å². The molecule has 0 bridgehead atoms. The molecule has 0 aromatic carbocycles. The second-order valence-corrected chi connectivity index (χ2v) is 6.54. The van der Waals surface area contributed by atoms with Crippen molar-refractivity contribution in [1.82, 2.24) is 14.3 Å². The van der Waals surface area contributed by atoms with E-state index in [4.69, 9.17) is 4.74 Å². The lowest BCUT2D eigenvalue weighted by Crippen LogP contribution is -2.30. The molecule has 0 aliphatic rings. The largest absolute Gasteiger partial charge is 0.383 e. The molecule has 2 heterocycles. The molecular weight excluding hydrogens is 332 g/mol. The Balaban J connectivity index is 2.41. The van der Waals surface area contributed by atoms with Crippen LogP contribution in [0.3, 0.4) is 0 Å². The summed E-state index contributed by atoms with van der Waals surface area (Å²) in [5.41, 5.74) is 2.94. The molecule has 7 heteroatoms. The standard InChI is InChI=1S/C19H24N4O3/c1-11-7-16(15(5)23(11)12(2)10-26-6)18(24)9-22-19(25)17(8-20)13(3)14(4)21-22/h7,12H,9-10H2,1-6H3/t12-/m0/s1. The molecule has 0 N–H and O–H groups in total. The predicted molar refractivity (Wildman–Crippen MR) is 97.5 cm³/mol. The number of rotatable bonds is 6. The predicted octanol–water partition coefficient (Wildman–Crippen LogP) is 2.24. The molecule has 0 radical (unpaired) electrons. The first-order valence-electron chi connectivity index (χ1n) is 8.41. The number of aromatic nitrogens is 3. The summed E-state index contributed by atoms with van der Waals surface area (Å²) in [5.74, 6) is -0.212. The van der Waals surface area contributed by atoms with Crippen LogP contribution >= 0.6 is 0 Å². The average molecular weight is 356 g/mol. The van der Waals surface area contributed by atoms with Crippen LogP contribution in [0.4, 0.5) is 0 Å². The number of hydrogen-bond donors (Lipinski definition) is 0. The van der Waals surface area contributed by atoms with E-state index < -0.39 is 5.56 Å². The van der Waals surface area contributed by atoms with Crippen LogP contribution in [0, 0.1) is 39.0 Å². The monoisotopic (exact) mass is 356 g/mol. The number of carbonyl (C=O) groups excluding carboxylic acids is 1. The fraction of sp³-hybridized carbons (Fsp3) is 0.474. The Morgan fingerprint density at radius 3 is 2.58 bits per heavy atom.